The molecule has 1 atom stereocenters. The van der Waals surface area contributed by atoms with Gasteiger partial charge >= 0.3 is 0 Å². The Morgan fingerprint density at radius 2 is 2.28 bits per heavy atom. The lowest BCUT2D eigenvalue weighted by atomic mass is 10.1. The third-order valence-electron chi connectivity index (χ3n) is 3.25. The van der Waals surface area contributed by atoms with E-state index in [2.05, 4.69) is 27.3 Å². The molecule has 1 aromatic rings. The van der Waals surface area contributed by atoms with Crippen molar-refractivity contribution >= 4 is 27.5 Å². The van der Waals surface area contributed by atoms with Gasteiger partial charge in [0, 0.05) is 22.6 Å². The normalized spacial score (nSPS) is 20.0. The van der Waals surface area contributed by atoms with E-state index in [1.165, 1.54) is 24.8 Å². The second-order valence-electron chi connectivity index (χ2n) is 4.69. The van der Waals surface area contributed by atoms with Crippen molar-refractivity contribution in [3.8, 4) is 0 Å². The molecule has 1 aliphatic heterocycles. The molecule has 4 heteroatoms. The lowest BCUT2D eigenvalue weighted by molar-refractivity contribution is 0.0115. The Morgan fingerprint density at radius 1 is 1.39 bits per heavy atom. The summed E-state index contributed by atoms with van der Waals surface area (Å²) in [5, 5.41) is 4.22. The molecule has 0 radical (unpaired) electrons. The van der Waals surface area contributed by atoms with Crippen molar-refractivity contribution < 1.29 is 4.74 Å². The maximum absolute atomic E-state index is 5.91. The first-order chi connectivity index (χ1) is 8.75. The zero-order valence-electron chi connectivity index (χ0n) is 10.4. The molecule has 18 heavy (non-hydrogen) atoms. The molecule has 0 aliphatic carbocycles. The maximum Gasteiger partial charge on any atom is 0.0587 e. The average molecular weight is 333 g/mol. The second-order valence-corrected chi connectivity index (χ2v) is 5.98. The van der Waals surface area contributed by atoms with Gasteiger partial charge in [-0.3, -0.25) is 0 Å². The highest BCUT2D eigenvalue weighted by Crippen LogP contribution is 2.21. The Hall–Kier alpha value is -0.0900. The van der Waals surface area contributed by atoms with Gasteiger partial charge in [0.2, 0.25) is 0 Å². The van der Waals surface area contributed by atoms with Crippen LogP contribution in [0, 0.1) is 0 Å². The molecule has 0 amide bonds. The van der Waals surface area contributed by atoms with E-state index in [9.17, 15) is 0 Å². The van der Waals surface area contributed by atoms with Crippen LogP contribution in [-0.4, -0.2) is 19.3 Å². The van der Waals surface area contributed by atoms with Crippen molar-refractivity contribution in [1.29, 1.82) is 0 Å². The van der Waals surface area contributed by atoms with Crippen LogP contribution in [0.4, 0.5) is 0 Å². The minimum atomic E-state index is 0.458. The first-order valence-corrected chi connectivity index (χ1v) is 7.69. The highest BCUT2D eigenvalue weighted by molar-refractivity contribution is 9.10. The van der Waals surface area contributed by atoms with E-state index in [4.69, 9.17) is 16.3 Å². The molecular weight excluding hydrogens is 314 g/mol. The number of hydrogen-bond donors (Lipinski definition) is 1. The summed E-state index contributed by atoms with van der Waals surface area (Å²) in [6, 6.07) is 5.91. The number of halogens is 2. The van der Waals surface area contributed by atoms with Gasteiger partial charge in [-0.1, -0.05) is 33.6 Å². The summed E-state index contributed by atoms with van der Waals surface area (Å²) < 4.78 is 6.77. The molecule has 0 spiro atoms. The van der Waals surface area contributed by atoms with Crippen LogP contribution in [0.3, 0.4) is 0 Å². The molecule has 1 saturated heterocycles. The Balaban J connectivity index is 1.68. The molecule has 1 heterocycles. The monoisotopic (exact) mass is 331 g/mol. The zero-order valence-corrected chi connectivity index (χ0v) is 12.8. The van der Waals surface area contributed by atoms with Gasteiger partial charge in [0.1, 0.15) is 0 Å². The fourth-order valence-electron chi connectivity index (χ4n) is 2.19. The van der Waals surface area contributed by atoms with E-state index in [1.54, 1.807) is 0 Å². The predicted octanol–water partition coefficient (Wildman–Crippen LogP) is 4.15. The molecule has 2 rings (SSSR count). The summed E-state index contributed by atoms with van der Waals surface area (Å²) >= 11 is 9.44. The van der Waals surface area contributed by atoms with Gasteiger partial charge in [0.15, 0.2) is 0 Å². The maximum atomic E-state index is 5.91. The molecular formula is C14H19BrClNO. The fourth-order valence-corrected chi connectivity index (χ4v) is 3.01. The Morgan fingerprint density at radius 3 is 3.00 bits per heavy atom. The first-order valence-electron chi connectivity index (χ1n) is 6.52. The van der Waals surface area contributed by atoms with Crippen LogP contribution in [0.5, 0.6) is 0 Å². The van der Waals surface area contributed by atoms with E-state index in [1.807, 2.05) is 12.1 Å². The zero-order chi connectivity index (χ0) is 12.8. The Labute approximate surface area is 122 Å². The summed E-state index contributed by atoms with van der Waals surface area (Å²) in [6.07, 6.45) is 5.31. The Bertz CT molecular complexity index is 380. The summed E-state index contributed by atoms with van der Waals surface area (Å²) in [4.78, 5) is 0. The van der Waals surface area contributed by atoms with Crippen molar-refractivity contribution in [3.63, 3.8) is 0 Å². The van der Waals surface area contributed by atoms with E-state index in [0.717, 1.165) is 35.6 Å². The van der Waals surface area contributed by atoms with Crippen LogP contribution in [0.15, 0.2) is 22.7 Å². The van der Waals surface area contributed by atoms with Gasteiger partial charge in [-0.25, -0.2) is 0 Å². The number of hydrogen-bond acceptors (Lipinski definition) is 2. The molecule has 0 saturated carbocycles. The van der Waals surface area contributed by atoms with Crippen molar-refractivity contribution in [2.45, 2.75) is 38.3 Å². The van der Waals surface area contributed by atoms with E-state index in [-0.39, 0.29) is 0 Å². The second kappa shape index (κ2) is 7.49. The molecule has 1 fully saturated rings. The summed E-state index contributed by atoms with van der Waals surface area (Å²) in [7, 11) is 0. The third-order valence-corrected chi connectivity index (χ3v) is 4.22. The number of nitrogens with one attached hydrogen (secondary N) is 1. The van der Waals surface area contributed by atoms with Crippen LogP contribution in [0.1, 0.15) is 31.2 Å². The van der Waals surface area contributed by atoms with Gasteiger partial charge in [-0.15, -0.1) is 0 Å². The van der Waals surface area contributed by atoms with Crippen molar-refractivity contribution in [1.82, 2.24) is 5.32 Å². The standard InChI is InChI=1S/C14H19BrClNO/c15-14-9-12(16)5-4-11(14)10-17-7-6-13-3-1-2-8-18-13/h4-5,9,13,17H,1-3,6-8,10H2. The number of ether oxygens (including phenoxy) is 1. The first kappa shape index (κ1) is 14.3. The molecule has 0 aromatic heterocycles. The summed E-state index contributed by atoms with van der Waals surface area (Å²) in [6.45, 7) is 2.80. The van der Waals surface area contributed by atoms with Gasteiger partial charge in [-0.05, 0) is 49.9 Å². The van der Waals surface area contributed by atoms with Crippen LogP contribution in [0.2, 0.25) is 5.02 Å². The molecule has 1 aromatic carbocycles. The molecule has 1 N–H and O–H groups in total. The largest absolute Gasteiger partial charge is 0.378 e. The minimum Gasteiger partial charge on any atom is -0.378 e. The van der Waals surface area contributed by atoms with Gasteiger partial charge < -0.3 is 10.1 Å². The molecule has 100 valence electrons. The minimum absolute atomic E-state index is 0.458. The topological polar surface area (TPSA) is 21.3 Å². The quantitative estimate of drug-likeness (QED) is 0.818. The van der Waals surface area contributed by atoms with Crippen LogP contribution in [-0.2, 0) is 11.3 Å². The highest BCUT2D eigenvalue weighted by Gasteiger charge is 2.12. The van der Waals surface area contributed by atoms with Crippen LogP contribution >= 0.6 is 27.5 Å². The van der Waals surface area contributed by atoms with E-state index >= 15 is 0 Å². The summed E-state index contributed by atoms with van der Waals surface area (Å²) in [5.74, 6) is 0. The van der Waals surface area contributed by atoms with Crippen molar-refractivity contribution in [3.05, 3.63) is 33.3 Å². The highest BCUT2D eigenvalue weighted by atomic mass is 79.9. The lowest BCUT2D eigenvalue weighted by Gasteiger charge is -2.22. The lowest BCUT2D eigenvalue weighted by Crippen LogP contribution is -2.25. The van der Waals surface area contributed by atoms with Gasteiger partial charge in [0.05, 0.1) is 6.10 Å². The summed E-state index contributed by atoms with van der Waals surface area (Å²) in [5.41, 5.74) is 1.24. The Kier molecular flexibility index (Phi) is 5.96. The molecule has 0 bridgehead atoms. The van der Waals surface area contributed by atoms with Crippen LogP contribution < -0.4 is 5.32 Å². The smallest absolute Gasteiger partial charge is 0.0587 e. The van der Waals surface area contributed by atoms with Crippen molar-refractivity contribution in [2.75, 3.05) is 13.2 Å². The van der Waals surface area contributed by atoms with E-state index in [0.29, 0.717) is 6.10 Å². The third kappa shape index (κ3) is 4.54. The van der Waals surface area contributed by atoms with Gasteiger partial charge in [-0.2, -0.15) is 0 Å². The molecule has 1 unspecified atom stereocenters. The van der Waals surface area contributed by atoms with Crippen molar-refractivity contribution in [2.24, 2.45) is 0 Å². The molecule has 1 aliphatic rings. The van der Waals surface area contributed by atoms with Crippen LogP contribution in [0.25, 0.3) is 0 Å². The number of benzene rings is 1. The SMILES string of the molecule is Clc1ccc(CNCCC2CCCCO2)c(Br)c1. The van der Waals surface area contributed by atoms with Gasteiger partial charge in [0.25, 0.3) is 0 Å². The predicted molar refractivity (Wildman–Crippen MR) is 79.1 cm³/mol. The fraction of sp³-hybridized carbons (Fsp3) is 0.571. The molecule has 2 nitrogen and oxygen atoms in total. The number of rotatable bonds is 5. The van der Waals surface area contributed by atoms with E-state index < -0.39 is 0 Å². The average Bonchev–Trinajstić information content (AvgIpc) is 2.38.